The smallest absolute Gasteiger partial charge is 0.164 e. The Hall–Kier alpha value is -6.01. The number of furan rings is 1. The van der Waals surface area contributed by atoms with E-state index in [1.54, 1.807) is 18.6 Å². The van der Waals surface area contributed by atoms with Gasteiger partial charge in [0.2, 0.25) is 0 Å². The Labute approximate surface area is 247 Å². The van der Waals surface area contributed by atoms with Gasteiger partial charge in [0.15, 0.2) is 23.1 Å². The first-order valence-electron chi connectivity index (χ1n) is 14.0. The molecule has 0 aliphatic heterocycles. The molecule has 0 unspecified atom stereocenters. The fraction of sp³-hybridized carbons (Fsp3) is 0. The largest absolute Gasteiger partial charge is 0.454 e. The summed E-state index contributed by atoms with van der Waals surface area (Å²) in [6, 6.07) is 40.7. The molecule has 0 N–H and O–H groups in total. The van der Waals surface area contributed by atoms with Gasteiger partial charge in [-0.05, 0) is 41.0 Å². The summed E-state index contributed by atoms with van der Waals surface area (Å²) in [7, 11) is 0. The lowest BCUT2D eigenvalue weighted by Gasteiger charge is -2.10. The van der Waals surface area contributed by atoms with Crippen molar-refractivity contribution in [2.75, 3.05) is 0 Å². The molecule has 0 amide bonds. The molecule has 6 nitrogen and oxygen atoms in total. The van der Waals surface area contributed by atoms with Gasteiger partial charge in [0.25, 0.3) is 0 Å². The van der Waals surface area contributed by atoms with Crippen LogP contribution in [0, 0.1) is 0 Å². The van der Waals surface area contributed by atoms with Gasteiger partial charge in [0.05, 0.1) is 5.39 Å². The molecular formula is C37H23N5O. The van der Waals surface area contributed by atoms with E-state index in [1.807, 2.05) is 84.9 Å². The first kappa shape index (κ1) is 24.8. The zero-order chi connectivity index (χ0) is 28.6. The van der Waals surface area contributed by atoms with E-state index in [0.29, 0.717) is 17.5 Å². The molecule has 4 aromatic heterocycles. The highest BCUT2D eigenvalue weighted by atomic mass is 16.3. The van der Waals surface area contributed by atoms with Crippen LogP contribution in [0.4, 0.5) is 0 Å². The maximum Gasteiger partial charge on any atom is 0.164 e. The lowest BCUT2D eigenvalue weighted by atomic mass is 10.0. The summed E-state index contributed by atoms with van der Waals surface area (Å²) in [5, 5.41) is 0.892. The molecule has 0 aliphatic rings. The van der Waals surface area contributed by atoms with Crippen LogP contribution in [0.5, 0.6) is 0 Å². The minimum atomic E-state index is 0.593. The fourth-order valence-corrected chi connectivity index (χ4v) is 5.37. The second-order valence-electron chi connectivity index (χ2n) is 10.2. The minimum Gasteiger partial charge on any atom is -0.454 e. The molecule has 202 valence electrons. The zero-order valence-corrected chi connectivity index (χ0v) is 22.9. The van der Waals surface area contributed by atoms with Gasteiger partial charge in [-0.2, -0.15) is 0 Å². The van der Waals surface area contributed by atoms with Gasteiger partial charge in [-0.25, -0.2) is 15.0 Å². The lowest BCUT2D eigenvalue weighted by Crippen LogP contribution is -2.00. The molecule has 8 aromatic rings. The van der Waals surface area contributed by atoms with Crippen LogP contribution in [0.25, 0.3) is 78.5 Å². The van der Waals surface area contributed by atoms with Gasteiger partial charge >= 0.3 is 0 Å². The summed E-state index contributed by atoms with van der Waals surface area (Å²) in [5.41, 5.74) is 9.15. The third-order valence-corrected chi connectivity index (χ3v) is 7.48. The summed E-state index contributed by atoms with van der Waals surface area (Å²) in [4.78, 5) is 23.7. The molecule has 0 atom stereocenters. The van der Waals surface area contributed by atoms with Crippen LogP contribution < -0.4 is 0 Å². The van der Waals surface area contributed by atoms with Gasteiger partial charge < -0.3 is 4.42 Å². The normalized spacial score (nSPS) is 11.3. The summed E-state index contributed by atoms with van der Waals surface area (Å²) in [6.07, 6.45) is 5.32. The number of hydrogen-bond acceptors (Lipinski definition) is 6. The van der Waals surface area contributed by atoms with E-state index < -0.39 is 0 Å². The van der Waals surface area contributed by atoms with E-state index in [0.717, 1.165) is 61.0 Å². The Morgan fingerprint density at radius 3 is 1.77 bits per heavy atom. The minimum absolute atomic E-state index is 0.593. The van der Waals surface area contributed by atoms with Crippen molar-refractivity contribution in [3.63, 3.8) is 0 Å². The van der Waals surface area contributed by atoms with Crippen LogP contribution >= 0.6 is 0 Å². The fourth-order valence-electron chi connectivity index (χ4n) is 5.37. The van der Waals surface area contributed by atoms with Crippen molar-refractivity contribution in [1.29, 1.82) is 0 Å². The van der Waals surface area contributed by atoms with Crippen LogP contribution in [0.3, 0.4) is 0 Å². The predicted molar refractivity (Wildman–Crippen MR) is 170 cm³/mol. The molecule has 0 aliphatic carbocycles. The summed E-state index contributed by atoms with van der Waals surface area (Å²) in [5.74, 6) is 1.82. The van der Waals surface area contributed by atoms with Crippen LogP contribution in [-0.4, -0.2) is 24.9 Å². The molecule has 6 heteroatoms. The highest BCUT2D eigenvalue weighted by Crippen LogP contribution is 2.35. The van der Waals surface area contributed by atoms with Gasteiger partial charge in [-0.3, -0.25) is 9.97 Å². The average Bonchev–Trinajstić information content (AvgIpc) is 3.48. The summed E-state index contributed by atoms with van der Waals surface area (Å²) >= 11 is 0. The highest BCUT2D eigenvalue weighted by molar-refractivity contribution is 6.06. The molecule has 0 saturated heterocycles. The van der Waals surface area contributed by atoms with Gasteiger partial charge in [0.1, 0.15) is 11.1 Å². The van der Waals surface area contributed by atoms with E-state index >= 15 is 0 Å². The molecule has 8 rings (SSSR count). The quantitative estimate of drug-likeness (QED) is 0.212. The van der Waals surface area contributed by atoms with Crippen molar-refractivity contribution < 1.29 is 4.42 Å². The Morgan fingerprint density at radius 2 is 1.05 bits per heavy atom. The van der Waals surface area contributed by atoms with Crippen LogP contribution in [0.2, 0.25) is 0 Å². The third-order valence-electron chi connectivity index (χ3n) is 7.48. The van der Waals surface area contributed by atoms with Crippen LogP contribution in [0.15, 0.2) is 144 Å². The number of hydrogen-bond donors (Lipinski definition) is 0. The number of pyridine rings is 2. The first-order valence-corrected chi connectivity index (χ1v) is 14.0. The van der Waals surface area contributed by atoms with Gasteiger partial charge in [-0.15, -0.1) is 0 Å². The third kappa shape index (κ3) is 4.61. The average molecular weight is 554 g/mol. The molecule has 0 fully saturated rings. The van der Waals surface area contributed by atoms with Gasteiger partial charge in [0, 0.05) is 40.8 Å². The summed E-state index contributed by atoms with van der Waals surface area (Å²) < 4.78 is 6.24. The highest BCUT2D eigenvalue weighted by Gasteiger charge is 2.16. The van der Waals surface area contributed by atoms with E-state index in [-0.39, 0.29) is 0 Å². The Kier molecular flexibility index (Phi) is 6.01. The van der Waals surface area contributed by atoms with E-state index in [2.05, 4.69) is 46.4 Å². The summed E-state index contributed by atoms with van der Waals surface area (Å²) in [6.45, 7) is 0. The Bertz CT molecular complexity index is 2240. The topological polar surface area (TPSA) is 77.6 Å². The number of rotatable bonds is 5. The second kappa shape index (κ2) is 10.4. The van der Waals surface area contributed by atoms with E-state index in [4.69, 9.17) is 19.4 Å². The monoisotopic (exact) mass is 553 g/mol. The Balaban J connectivity index is 1.28. The number of benzene rings is 4. The number of nitrogens with zero attached hydrogens (tertiary/aromatic N) is 5. The van der Waals surface area contributed by atoms with Crippen molar-refractivity contribution in [3.8, 4) is 56.4 Å². The molecule has 0 radical (unpaired) electrons. The number of fused-ring (bicyclic) bond motifs is 3. The number of aromatic nitrogens is 5. The standard InChI is InChI=1S/C37H23N5O/c1-3-9-24(10-4-1)26-13-7-15-28(21-26)36-40-35(25-11-5-2-6-12-25)41-37(42-36)29-16-8-14-27(22-29)30-17-20-39-33-31-23-38-19-18-32(31)43-34(30)33/h1-23H. The molecule has 0 bridgehead atoms. The van der Waals surface area contributed by atoms with Crippen molar-refractivity contribution in [2.45, 2.75) is 0 Å². The molecular weight excluding hydrogens is 530 g/mol. The zero-order valence-electron chi connectivity index (χ0n) is 22.9. The molecule has 4 aromatic carbocycles. The molecule has 0 spiro atoms. The van der Waals surface area contributed by atoms with Crippen molar-refractivity contribution in [1.82, 2.24) is 24.9 Å². The van der Waals surface area contributed by atoms with Crippen molar-refractivity contribution >= 4 is 22.1 Å². The predicted octanol–water partition coefficient (Wildman–Crippen LogP) is 8.90. The van der Waals surface area contributed by atoms with Crippen molar-refractivity contribution in [3.05, 3.63) is 140 Å². The SMILES string of the molecule is c1ccc(-c2cccc(-c3nc(-c4ccccc4)nc(-c4cccc(-c5ccnc6c5oc5ccncc56)c4)n3)c2)cc1. The van der Waals surface area contributed by atoms with Crippen molar-refractivity contribution in [2.24, 2.45) is 0 Å². The van der Waals surface area contributed by atoms with E-state index in [9.17, 15) is 0 Å². The second-order valence-corrected chi connectivity index (χ2v) is 10.2. The van der Waals surface area contributed by atoms with Crippen LogP contribution in [-0.2, 0) is 0 Å². The lowest BCUT2D eigenvalue weighted by molar-refractivity contribution is 0.669. The van der Waals surface area contributed by atoms with E-state index in [1.165, 1.54) is 0 Å². The van der Waals surface area contributed by atoms with Crippen LogP contribution in [0.1, 0.15) is 0 Å². The maximum atomic E-state index is 6.24. The molecule has 4 heterocycles. The Morgan fingerprint density at radius 1 is 0.465 bits per heavy atom. The molecule has 0 saturated carbocycles. The van der Waals surface area contributed by atoms with Gasteiger partial charge in [-0.1, -0.05) is 97.1 Å². The molecule has 43 heavy (non-hydrogen) atoms. The first-order chi connectivity index (χ1) is 21.3. The maximum absolute atomic E-state index is 6.24.